The Morgan fingerprint density at radius 3 is 2.80 bits per heavy atom. The van der Waals surface area contributed by atoms with E-state index < -0.39 is 0 Å². The van der Waals surface area contributed by atoms with Crippen molar-refractivity contribution in [3.63, 3.8) is 0 Å². The molecule has 1 aliphatic rings. The zero-order valence-electron chi connectivity index (χ0n) is 2.98. The highest BCUT2D eigenvalue weighted by Gasteiger charge is 1.92. The predicted molar refractivity (Wildman–Crippen MR) is 24.5 cm³/mol. The van der Waals surface area contributed by atoms with Gasteiger partial charge in [-0.1, -0.05) is 5.98 Å². The molecule has 0 saturated carbocycles. The van der Waals surface area contributed by atoms with Crippen LogP contribution >= 0.6 is 0 Å². The van der Waals surface area contributed by atoms with Crippen LogP contribution in [0.1, 0.15) is 0 Å². The van der Waals surface area contributed by atoms with Crippen LogP contribution in [0, 0.1) is 0 Å². The van der Waals surface area contributed by atoms with Crippen LogP contribution in [0.2, 0.25) is 0 Å². The van der Waals surface area contributed by atoms with E-state index in [1.807, 2.05) is 5.98 Å². The molecular weight excluding hydrogens is 61.6 g/mol. The summed E-state index contributed by atoms with van der Waals surface area (Å²) < 4.78 is 4.76. The number of rotatable bonds is 0. The molecule has 0 radical (unpaired) electrons. The Morgan fingerprint density at radius 1 is 1.60 bits per heavy atom. The summed E-state index contributed by atoms with van der Waals surface area (Å²) >= 11 is 0. The minimum absolute atomic E-state index is 0.889. The van der Waals surface area contributed by atoms with Gasteiger partial charge in [0.15, 0.2) is 7.17 Å². The molecule has 0 aromatic carbocycles. The van der Waals surface area contributed by atoms with Crippen LogP contribution in [-0.4, -0.2) is 14.5 Å². The van der Waals surface area contributed by atoms with Crippen LogP contribution in [0.3, 0.4) is 0 Å². The van der Waals surface area contributed by atoms with Crippen molar-refractivity contribution in [2.45, 2.75) is 0 Å². The van der Waals surface area contributed by atoms with Crippen LogP contribution < -0.4 is 0 Å². The fraction of sp³-hybridized carbons (Fsp3) is 0. The third kappa shape index (κ3) is 0.469. The molecule has 0 atom stereocenters. The second-order valence-corrected chi connectivity index (χ2v) is 1.03. The average molecular weight is 65.7 g/mol. The van der Waals surface area contributed by atoms with Gasteiger partial charge in [0.2, 0.25) is 0 Å². The smallest absolute Gasteiger partial charge is 0.299 e. The first-order valence-electron chi connectivity index (χ1n) is 1.77. The van der Waals surface area contributed by atoms with Crippen LogP contribution in [-0.2, 0) is 4.65 Å². The van der Waals surface area contributed by atoms with E-state index in [0.29, 0.717) is 0 Å². The fourth-order valence-corrected chi connectivity index (χ4v) is 0.340. The predicted octanol–water partition coefficient (Wildman–Crippen LogP) is -0.809. The highest BCUT2D eigenvalue weighted by atomic mass is 16.4. The van der Waals surface area contributed by atoms with Gasteiger partial charge in [-0.05, 0) is 0 Å². The molecule has 1 heterocycles. The van der Waals surface area contributed by atoms with Gasteiger partial charge in [-0.3, -0.25) is 0 Å². The monoisotopic (exact) mass is 66.0 g/mol. The van der Waals surface area contributed by atoms with E-state index >= 15 is 0 Å². The molecule has 0 amide bonds. The van der Waals surface area contributed by atoms with E-state index in [2.05, 4.69) is 0 Å². The molecule has 0 spiro atoms. The van der Waals surface area contributed by atoms with E-state index in [0.717, 1.165) is 14.5 Å². The lowest BCUT2D eigenvalue weighted by atomic mass is 9.52. The van der Waals surface area contributed by atoms with Crippen molar-refractivity contribution in [1.29, 1.82) is 0 Å². The molecular formula is C2H4B2O. The molecule has 1 rings (SSSR count). The van der Waals surface area contributed by atoms with Gasteiger partial charge in [-0.25, -0.2) is 0 Å². The Morgan fingerprint density at radius 2 is 2.60 bits per heavy atom. The maximum absolute atomic E-state index is 4.76. The van der Waals surface area contributed by atoms with Crippen molar-refractivity contribution < 1.29 is 4.65 Å². The molecule has 0 N–H and O–H groups in total. The van der Waals surface area contributed by atoms with E-state index in [9.17, 15) is 0 Å². The third-order valence-corrected chi connectivity index (χ3v) is 0.595. The third-order valence-electron chi connectivity index (χ3n) is 0.595. The van der Waals surface area contributed by atoms with Crippen molar-refractivity contribution in [3.05, 3.63) is 12.2 Å². The van der Waals surface area contributed by atoms with Crippen molar-refractivity contribution in [2.75, 3.05) is 0 Å². The Balaban J connectivity index is 2.32. The summed E-state index contributed by atoms with van der Waals surface area (Å²) in [5.74, 6) is 2.01. The van der Waals surface area contributed by atoms with Gasteiger partial charge in [0, 0.05) is 6.26 Å². The molecule has 24 valence electrons. The Bertz CT molecular complexity index is 45.6. The molecule has 0 aromatic rings. The number of hydrogen-bond acceptors (Lipinski definition) is 1. The lowest BCUT2D eigenvalue weighted by Gasteiger charge is -1.77. The van der Waals surface area contributed by atoms with Gasteiger partial charge in [-0.15, -0.1) is 0 Å². The molecule has 0 saturated heterocycles. The van der Waals surface area contributed by atoms with Crippen molar-refractivity contribution in [3.8, 4) is 0 Å². The summed E-state index contributed by atoms with van der Waals surface area (Å²) in [6.45, 7) is 0. The fourth-order valence-electron chi connectivity index (χ4n) is 0.340. The van der Waals surface area contributed by atoms with Crippen LogP contribution in [0.25, 0.3) is 0 Å². The summed E-state index contributed by atoms with van der Waals surface area (Å²) in [6, 6.07) is 0. The van der Waals surface area contributed by atoms with Crippen molar-refractivity contribution >= 4 is 14.5 Å². The van der Waals surface area contributed by atoms with Gasteiger partial charge in [0.25, 0.3) is 7.37 Å². The SMILES string of the molecule is B1BOC=C1. The lowest BCUT2D eigenvalue weighted by molar-refractivity contribution is 0.535. The van der Waals surface area contributed by atoms with Crippen molar-refractivity contribution in [1.82, 2.24) is 0 Å². The minimum atomic E-state index is 0.889. The van der Waals surface area contributed by atoms with Gasteiger partial charge in [0.05, 0.1) is 0 Å². The minimum Gasteiger partial charge on any atom is -0.578 e. The number of hydrogen-bond donors (Lipinski definition) is 0. The largest absolute Gasteiger partial charge is 0.578 e. The van der Waals surface area contributed by atoms with E-state index in [1.165, 1.54) is 0 Å². The summed E-state index contributed by atoms with van der Waals surface area (Å²) in [6.07, 6.45) is 1.74. The highest BCUT2D eigenvalue weighted by molar-refractivity contribution is 7.01. The van der Waals surface area contributed by atoms with Crippen LogP contribution in [0.15, 0.2) is 12.2 Å². The van der Waals surface area contributed by atoms with Crippen LogP contribution in [0.4, 0.5) is 0 Å². The molecule has 0 fully saturated rings. The highest BCUT2D eigenvalue weighted by Crippen LogP contribution is 1.79. The summed E-state index contributed by atoms with van der Waals surface area (Å²) in [4.78, 5) is 0. The molecule has 0 aromatic heterocycles. The second-order valence-electron chi connectivity index (χ2n) is 1.03. The Labute approximate surface area is 32.5 Å². The van der Waals surface area contributed by atoms with E-state index in [4.69, 9.17) is 4.65 Å². The topological polar surface area (TPSA) is 9.23 Å². The maximum atomic E-state index is 4.76. The van der Waals surface area contributed by atoms with E-state index in [-0.39, 0.29) is 0 Å². The summed E-state index contributed by atoms with van der Waals surface area (Å²) in [5.41, 5.74) is 0. The van der Waals surface area contributed by atoms with Gasteiger partial charge < -0.3 is 4.65 Å². The average Bonchev–Trinajstić information content (AvgIpc) is 1.76. The van der Waals surface area contributed by atoms with Crippen LogP contribution in [0.5, 0.6) is 0 Å². The van der Waals surface area contributed by atoms with Crippen molar-refractivity contribution in [2.24, 2.45) is 0 Å². The van der Waals surface area contributed by atoms with E-state index in [1.54, 1.807) is 6.26 Å². The first-order chi connectivity index (χ1) is 2.50. The molecule has 1 nitrogen and oxygen atoms in total. The molecule has 0 aliphatic carbocycles. The summed E-state index contributed by atoms with van der Waals surface area (Å²) in [5, 5.41) is 0. The standard InChI is InChI=1S/C2H4B2O/c1-2-5-4-3-1/h1-4H. The molecule has 3 heteroatoms. The normalized spacial score (nSPS) is 16.0. The lowest BCUT2D eigenvalue weighted by Crippen LogP contribution is -1.91. The van der Waals surface area contributed by atoms with Gasteiger partial charge >= 0.3 is 0 Å². The molecule has 0 bridgehead atoms. The Hall–Kier alpha value is -0.330. The molecule has 0 unspecified atom stereocenters. The first kappa shape index (κ1) is 2.88. The molecule has 1 aliphatic heterocycles. The van der Waals surface area contributed by atoms with Gasteiger partial charge in [0.1, 0.15) is 0 Å². The maximum Gasteiger partial charge on any atom is 0.299 e. The quantitative estimate of drug-likeness (QED) is 0.336. The summed E-state index contributed by atoms with van der Waals surface area (Å²) in [7, 11) is 1.99. The van der Waals surface area contributed by atoms with Gasteiger partial charge in [-0.2, -0.15) is 0 Å². The first-order valence-corrected chi connectivity index (χ1v) is 1.77. The molecule has 5 heavy (non-hydrogen) atoms. The zero-order chi connectivity index (χ0) is 3.54. The zero-order valence-corrected chi connectivity index (χ0v) is 2.98. The second kappa shape index (κ2) is 1.20. The Kier molecular flexibility index (Phi) is 0.692.